The van der Waals surface area contributed by atoms with Gasteiger partial charge in [-0.2, -0.15) is 0 Å². The summed E-state index contributed by atoms with van der Waals surface area (Å²) >= 11 is 0. The molecular weight excluding hydrogens is 112 g/mol. The fraction of sp³-hybridized carbons (Fsp3) is 0.714. The standard InChI is InChI=1S/C7H12N2/c8-7(9)6-4-2-1-3-5(4)6/h1-2,4-7H,3,8-9H2/t4?,5-,6?/m0/s1. The highest BCUT2D eigenvalue weighted by molar-refractivity contribution is 5.18. The summed E-state index contributed by atoms with van der Waals surface area (Å²) in [5.41, 5.74) is 11.1. The van der Waals surface area contributed by atoms with Crippen LogP contribution in [0.15, 0.2) is 12.2 Å². The molecule has 1 saturated carbocycles. The van der Waals surface area contributed by atoms with Gasteiger partial charge in [0.1, 0.15) is 0 Å². The third kappa shape index (κ3) is 0.635. The molecule has 9 heavy (non-hydrogen) atoms. The second-order valence-corrected chi connectivity index (χ2v) is 3.06. The normalized spacial score (nSPS) is 45.9. The molecule has 2 nitrogen and oxygen atoms in total. The quantitative estimate of drug-likeness (QED) is 0.383. The van der Waals surface area contributed by atoms with Crippen LogP contribution in [0.3, 0.4) is 0 Å². The highest BCUT2D eigenvalue weighted by Crippen LogP contribution is 2.54. The summed E-state index contributed by atoms with van der Waals surface area (Å²) < 4.78 is 0. The predicted molar refractivity (Wildman–Crippen MR) is 36.4 cm³/mol. The number of allylic oxidation sites excluding steroid dienone is 2. The van der Waals surface area contributed by atoms with E-state index in [0.717, 1.165) is 11.8 Å². The van der Waals surface area contributed by atoms with Gasteiger partial charge in [0.15, 0.2) is 0 Å². The van der Waals surface area contributed by atoms with Crippen LogP contribution in [0.5, 0.6) is 0 Å². The van der Waals surface area contributed by atoms with E-state index in [0.29, 0.717) is 5.92 Å². The summed E-state index contributed by atoms with van der Waals surface area (Å²) in [4.78, 5) is 0. The third-order valence-electron chi connectivity index (χ3n) is 2.50. The number of fused-ring (bicyclic) bond motifs is 1. The summed E-state index contributed by atoms with van der Waals surface area (Å²) in [6, 6.07) is 0. The van der Waals surface area contributed by atoms with Gasteiger partial charge in [-0.25, -0.2) is 0 Å². The van der Waals surface area contributed by atoms with Gasteiger partial charge in [-0.15, -0.1) is 0 Å². The van der Waals surface area contributed by atoms with E-state index in [1.54, 1.807) is 0 Å². The predicted octanol–water partition coefficient (Wildman–Crippen LogP) is 0.0520. The molecule has 0 saturated heterocycles. The minimum atomic E-state index is -0.0788. The smallest absolute Gasteiger partial charge is 0.0558 e. The molecule has 0 radical (unpaired) electrons. The fourth-order valence-electron chi connectivity index (χ4n) is 1.95. The van der Waals surface area contributed by atoms with Crippen molar-refractivity contribution in [2.75, 3.05) is 0 Å². The molecule has 2 heteroatoms. The Labute approximate surface area is 54.9 Å². The molecule has 0 bridgehead atoms. The van der Waals surface area contributed by atoms with Crippen molar-refractivity contribution in [3.8, 4) is 0 Å². The van der Waals surface area contributed by atoms with Crippen molar-refractivity contribution in [2.24, 2.45) is 29.2 Å². The summed E-state index contributed by atoms with van der Waals surface area (Å²) in [6.07, 6.45) is 5.61. The Bertz CT molecular complexity index is 151. The highest BCUT2D eigenvalue weighted by atomic mass is 14.9. The van der Waals surface area contributed by atoms with E-state index in [9.17, 15) is 0 Å². The molecule has 0 aromatic rings. The molecule has 2 aliphatic carbocycles. The van der Waals surface area contributed by atoms with Gasteiger partial charge < -0.3 is 11.5 Å². The van der Waals surface area contributed by atoms with E-state index in [2.05, 4.69) is 12.2 Å². The summed E-state index contributed by atoms with van der Waals surface area (Å²) in [6.45, 7) is 0. The van der Waals surface area contributed by atoms with Crippen LogP contribution in [0.4, 0.5) is 0 Å². The van der Waals surface area contributed by atoms with Crippen LogP contribution >= 0.6 is 0 Å². The van der Waals surface area contributed by atoms with Gasteiger partial charge in [-0.05, 0) is 24.2 Å². The molecule has 0 aromatic carbocycles. The van der Waals surface area contributed by atoms with Crippen molar-refractivity contribution in [2.45, 2.75) is 12.6 Å². The van der Waals surface area contributed by atoms with E-state index < -0.39 is 0 Å². The molecule has 0 heterocycles. The first-order chi connectivity index (χ1) is 4.30. The largest absolute Gasteiger partial charge is 0.316 e. The van der Waals surface area contributed by atoms with Gasteiger partial charge in [0, 0.05) is 0 Å². The van der Waals surface area contributed by atoms with Crippen molar-refractivity contribution < 1.29 is 0 Å². The van der Waals surface area contributed by atoms with Crippen molar-refractivity contribution in [3.05, 3.63) is 12.2 Å². The lowest BCUT2D eigenvalue weighted by Crippen LogP contribution is -2.34. The second kappa shape index (κ2) is 1.58. The van der Waals surface area contributed by atoms with Crippen molar-refractivity contribution in [3.63, 3.8) is 0 Å². The van der Waals surface area contributed by atoms with Crippen molar-refractivity contribution in [1.82, 2.24) is 0 Å². The lowest BCUT2D eigenvalue weighted by atomic mass is 10.2. The van der Waals surface area contributed by atoms with Crippen LogP contribution in [0, 0.1) is 17.8 Å². The van der Waals surface area contributed by atoms with E-state index in [4.69, 9.17) is 11.5 Å². The molecule has 2 aliphatic rings. The monoisotopic (exact) mass is 124 g/mol. The molecule has 50 valence electrons. The first-order valence-corrected chi connectivity index (χ1v) is 3.48. The van der Waals surface area contributed by atoms with Gasteiger partial charge in [0.25, 0.3) is 0 Å². The second-order valence-electron chi connectivity index (χ2n) is 3.06. The molecule has 0 amide bonds. The number of hydrogen-bond donors (Lipinski definition) is 2. The minimum absolute atomic E-state index is 0.0788. The van der Waals surface area contributed by atoms with Crippen LogP contribution in [0.25, 0.3) is 0 Å². The summed E-state index contributed by atoms with van der Waals surface area (Å²) in [5.74, 6) is 2.16. The highest BCUT2D eigenvalue weighted by Gasteiger charge is 2.51. The molecule has 0 spiro atoms. The maximum absolute atomic E-state index is 5.53. The van der Waals surface area contributed by atoms with Crippen LogP contribution in [-0.2, 0) is 0 Å². The van der Waals surface area contributed by atoms with Crippen LogP contribution < -0.4 is 11.5 Å². The Hall–Kier alpha value is -0.340. The minimum Gasteiger partial charge on any atom is -0.316 e. The molecule has 3 atom stereocenters. The van der Waals surface area contributed by atoms with Gasteiger partial charge in [0.05, 0.1) is 6.17 Å². The first-order valence-electron chi connectivity index (χ1n) is 3.48. The molecule has 2 rings (SSSR count). The molecule has 1 fully saturated rings. The number of hydrogen-bond acceptors (Lipinski definition) is 2. The molecule has 4 N–H and O–H groups in total. The van der Waals surface area contributed by atoms with Gasteiger partial charge in [0.2, 0.25) is 0 Å². The van der Waals surface area contributed by atoms with E-state index in [1.807, 2.05) is 0 Å². The van der Waals surface area contributed by atoms with Gasteiger partial charge in [-0.3, -0.25) is 0 Å². The average Bonchev–Trinajstić information content (AvgIpc) is 2.30. The maximum Gasteiger partial charge on any atom is 0.0558 e. The Morgan fingerprint density at radius 1 is 1.44 bits per heavy atom. The number of rotatable bonds is 1. The third-order valence-corrected chi connectivity index (χ3v) is 2.50. The summed E-state index contributed by atoms with van der Waals surface area (Å²) in [7, 11) is 0. The van der Waals surface area contributed by atoms with E-state index in [1.165, 1.54) is 6.42 Å². The zero-order chi connectivity index (χ0) is 6.43. The lowest BCUT2D eigenvalue weighted by Gasteiger charge is -2.02. The SMILES string of the molecule is NC(N)C1C2C=CC[C@@H]21. The average molecular weight is 124 g/mol. The Morgan fingerprint density at radius 2 is 2.22 bits per heavy atom. The first kappa shape index (κ1) is 5.45. The summed E-state index contributed by atoms with van der Waals surface area (Å²) in [5, 5.41) is 0. The molecular formula is C7H12N2. The Kier molecular flexibility index (Phi) is 0.957. The fourth-order valence-corrected chi connectivity index (χ4v) is 1.95. The van der Waals surface area contributed by atoms with Crippen molar-refractivity contribution >= 4 is 0 Å². The molecule has 2 unspecified atom stereocenters. The Morgan fingerprint density at radius 3 is 2.56 bits per heavy atom. The Balaban J connectivity index is 2.02. The van der Waals surface area contributed by atoms with E-state index in [-0.39, 0.29) is 6.17 Å². The van der Waals surface area contributed by atoms with Crippen LogP contribution in [0.2, 0.25) is 0 Å². The van der Waals surface area contributed by atoms with Gasteiger partial charge >= 0.3 is 0 Å². The lowest BCUT2D eigenvalue weighted by molar-refractivity contribution is 0.559. The zero-order valence-corrected chi connectivity index (χ0v) is 5.33. The molecule has 0 aliphatic heterocycles. The topological polar surface area (TPSA) is 52.0 Å². The van der Waals surface area contributed by atoms with Gasteiger partial charge in [-0.1, -0.05) is 12.2 Å². The zero-order valence-electron chi connectivity index (χ0n) is 5.33. The number of nitrogens with two attached hydrogens (primary N) is 2. The van der Waals surface area contributed by atoms with Crippen LogP contribution in [-0.4, -0.2) is 6.17 Å². The van der Waals surface area contributed by atoms with E-state index >= 15 is 0 Å². The maximum atomic E-state index is 5.53. The molecule has 0 aromatic heterocycles. The van der Waals surface area contributed by atoms with Crippen LogP contribution in [0.1, 0.15) is 6.42 Å². The van der Waals surface area contributed by atoms with Crippen molar-refractivity contribution in [1.29, 1.82) is 0 Å².